The van der Waals surface area contributed by atoms with Gasteiger partial charge in [-0.25, -0.2) is 0 Å². The molecule has 1 saturated heterocycles. The number of piperazine rings is 1. The van der Waals surface area contributed by atoms with Crippen molar-refractivity contribution in [2.75, 3.05) is 26.2 Å². The van der Waals surface area contributed by atoms with Crippen LogP contribution in [0, 0.1) is 5.41 Å². The van der Waals surface area contributed by atoms with Gasteiger partial charge in [-0.2, -0.15) is 0 Å². The first-order valence-corrected chi connectivity index (χ1v) is 10.2. The first kappa shape index (κ1) is 21.4. The van der Waals surface area contributed by atoms with E-state index in [1.165, 1.54) is 36.0 Å². The van der Waals surface area contributed by atoms with Crippen molar-refractivity contribution in [3.8, 4) is 0 Å². The van der Waals surface area contributed by atoms with Crippen molar-refractivity contribution in [3.63, 3.8) is 0 Å². The van der Waals surface area contributed by atoms with Crippen LogP contribution in [-0.4, -0.2) is 37.0 Å². The Kier molecular flexibility index (Phi) is 7.85. The van der Waals surface area contributed by atoms with Gasteiger partial charge in [-0.15, -0.1) is 0 Å². The summed E-state index contributed by atoms with van der Waals surface area (Å²) in [5, 5.41) is 3.27. The van der Waals surface area contributed by atoms with Gasteiger partial charge in [0.05, 0.1) is 0 Å². The molecule has 0 aromatic heterocycles. The Labute approximate surface area is 165 Å². The van der Waals surface area contributed by atoms with Gasteiger partial charge in [0.15, 0.2) is 0 Å². The fourth-order valence-corrected chi connectivity index (χ4v) is 3.85. The Morgan fingerprint density at radius 2 is 1.81 bits per heavy atom. The maximum atomic E-state index is 12.2. The van der Waals surface area contributed by atoms with Gasteiger partial charge in [0.25, 0.3) is 0 Å². The Hall–Kier alpha value is -1.87. The number of amides is 1. The molecule has 0 aromatic rings. The fourth-order valence-electron chi connectivity index (χ4n) is 3.85. The van der Waals surface area contributed by atoms with E-state index in [9.17, 15) is 4.79 Å². The number of hydrogen-bond donors (Lipinski definition) is 1. The largest absolute Gasteiger partial charge is 0.337 e. The normalized spacial score (nSPS) is 22.2. The van der Waals surface area contributed by atoms with Crippen molar-refractivity contribution < 1.29 is 4.79 Å². The van der Waals surface area contributed by atoms with Gasteiger partial charge in [0.1, 0.15) is 0 Å². The minimum absolute atomic E-state index is 0.112. The molecule has 1 fully saturated rings. The number of nitrogens with zero attached hydrogens (tertiary/aromatic N) is 1. The molecule has 0 aromatic carbocycles. The summed E-state index contributed by atoms with van der Waals surface area (Å²) >= 11 is 0. The van der Waals surface area contributed by atoms with Gasteiger partial charge in [-0.05, 0) is 56.6 Å². The van der Waals surface area contributed by atoms with E-state index < -0.39 is 0 Å². The molecule has 0 unspecified atom stereocenters. The zero-order valence-corrected chi connectivity index (χ0v) is 17.8. The molecule has 3 nitrogen and oxygen atoms in total. The molecule has 1 aliphatic heterocycles. The lowest BCUT2D eigenvalue weighted by Gasteiger charge is -2.32. The second-order valence-corrected chi connectivity index (χ2v) is 8.50. The van der Waals surface area contributed by atoms with E-state index in [0.29, 0.717) is 0 Å². The van der Waals surface area contributed by atoms with Gasteiger partial charge in [-0.3, -0.25) is 4.79 Å². The standard InChI is InChI=1S/C24H36N2O/c1-19(11-12-22-21(3)10-7-13-24(22,4)5)8-6-9-20(2)18-23(27)26-16-14-25-15-17-26/h6,8-9,11-12,18,25H,7,10,13-17H2,1-5H3/b9-6+,12-11+,19-8+,20-18+. The fraction of sp³-hybridized carbons (Fsp3) is 0.542. The van der Waals surface area contributed by atoms with Crippen molar-refractivity contribution in [1.82, 2.24) is 10.2 Å². The Morgan fingerprint density at radius 3 is 2.48 bits per heavy atom. The third-order valence-electron chi connectivity index (χ3n) is 5.55. The first-order chi connectivity index (χ1) is 12.8. The van der Waals surface area contributed by atoms with Gasteiger partial charge < -0.3 is 10.2 Å². The number of carbonyl (C=O) groups excluding carboxylic acids is 1. The van der Waals surface area contributed by atoms with Crippen LogP contribution in [0.1, 0.15) is 53.9 Å². The molecule has 0 bridgehead atoms. The predicted octanol–water partition coefficient (Wildman–Crippen LogP) is 4.95. The summed E-state index contributed by atoms with van der Waals surface area (Å²) < 4.78 is 0. The summed E-state index contributed by atoms with van der Waals surface area (Å²) in [7, 11) is 0. The molecular weight excluding hydrogens is 332 g/mol. The average molecular weight is 369 g/mol. The van der Waals surface area contributed by atoms with Crippen LogP contribution in [0.4, 0.5) is 0 Å². The zero-order valence-electron chi connectivity index (χ0n) is 17.8. The SMILES string of the molecule is CC1=C(/C=C/C(C)=C/C=C/C(C)=C/C(=O)N2CCNCC2)C(C)(C)CCC1. The van der Waals surface area contributed by atoms with E-state index in [4.69, 9.17) is 0 Å². The average Bonchev–Trinajstić information content (AvgIpc) is 2.61. The smallest absolute Gasteiger partial charge is 0.246 e. The van der Waals surface area contributed by atoms with Gasteiger partial charge in [0.2, 0.25) is 5.91 Å². The maximum absolute atomic E-state index is 12.2. The van der Waals surface area contributed by atoms with Gasteiger partial charge >= 0.3 is 0 Å². The lowest BCUT2D eigenvalue weighted by atomic mass is 9.72. The summed E-state index contributed by atoms with van der Waals surface area (Å²) in [5.41, 5.74) is 5.49. The van der Waals surface area contributed by atoms with Crippen LogP contribution in [0.25, 0.3) is 0 Å². The highest BCUT2D eigenvalue weighted by Gasteiger charge is 2.26. The van der Waals surface area contributed by atoms with E-state index in [-0.39, 0.29) is 11.3 Å². The number of carbonyl (C=O) groups is 1. The lowest BCUT2D eigenvalue weighted by Crippen LogP contribution is -2.45. The second kappa shape index (κ2) is 9.89. The molecule has 1 N–H and O–H groups in total. The summed E-state index contributed by atoms with van der Waals surface area (Å²) in [6.45, 7) is 14.4. The molecule has 0 atom stereocenters. The third-order valence-corrected chi connectivity index (χ3v) is 5.55. The van der Waals surface area contributed by atoms with E-state index in [1.54, 1.807) is 6.08 Å². The molecule has 148 valence electrons. The van der Waals surface area contributed by atoms with Crippen LogP contribution in [0.2, 0.25) is 0 Å². The quantitative estimate of drug-likeness (QED) is 0.550. The molecule has 0 spiro atoms. The number of rotatable bonds is 5. The molecular formula is C24H36N2O. The predicted molar refractivity (Wildman–Crippen MR) is 116 cm³/mol. The summed E-state index contributed by atoms with van der Waals surface area (Å²) in [5.74, 6) is 0.112. The molecule has 1 heterocycles. The van der Waals surface area contributed by atoms with Crippen molar-refractivity contribution in [2.24, 2.45) is 5.41 Å². The van der Waals surface area contributed by atoms with E-state index in [2.05, 4.69) is 51.2 Å². The lowest BCUT2D eigenvalue weighted by molar-refractivity contribution is -0.126. The molecule has 0 radical (unpaired) electrons. The zero-order chi connectivity index (χ0) is 19.9. The Bertz CT molecular complexity index is 683. The van der Waals surface area contributed by atoms with Gasteiger partial charge in [-0.1, -0.05) is 55.4 Å². The van der Waals surface area contributed by atoms with Crippen molar-refractivity contribution >= 4 is 5.91 Å². The van der Waals surface area contributed by atoms with Crippen LogP contribution >= 0.6 is 0 Å². The van der Waals surface area contributed by atoms with Crippen LogP contribution < -0.4 is 5.32 Å². The summed E-state index contributed by atoms with van der Waals surface area (Å²) in [4.78, 5) is 14.1. The molecule has 1 amide bonds. The Morgan fingerprint density at radius 1 is 1.11 bits per heavy atom. The molecule has 3 heteroatoms. The van der Waals surface area contributed by atoms with E-state index in [0.717, 1.165) is 31.8 Å². The van der Waals surface area contributed by atoms with Crippen molar-refractivity contribution in [3.05, 3.63) is 58.7 Å². The molecule has 1 aliphatic carbocycles. The van der Waals surface area contributed by atoms with E-state index in [1.807, 2.05) is 24.0 Å². The first-order valence-electron chi connectivity index (χ1n) is 10.2. The monoisotopic (exact) mass is 368 g/mol. The summed E-state index contributed by atoms with van der Waals surface area (Å²) in [6, 6.07) is 0. The van der Waals surface area contributed by atoms with Crippen molar-refractivity contribution in [1.29, 1.82) is 0 Å². The molecule has 27 heavy (non-hydrogen) atoms. The second-order valence-electron chi connectivity index (χ2n) is 8.50. The molecule has 2 aliphatic rings. The summed E-state index contributed by atoms with van der Waals surface area (Å²) in [6.07, 6.45) is 16.2. The van der Waals surface area contributed by atoms with Crippen LogP contribution in [0.5, 0.6) is 0 Å². The topological polar surface area (TPSA) is 32.3 Å². The Balaban J connectivity index is 1.95. The number of allylic oxidation sites excluding steroid dienone is 9. The highest BCUT2D eigenvalue weighted by molar-refractivity contribution is 5.88. The van der Waals surface area contributed by atoms with Crippen LogP contribution in [-0.2, 0) is 4.79 Å². The minimum atomic E-state index is 0.112. The van der Waals surface area contributed by atoms with Gasteiger partial charge in [0, 0.05) is 32.3 Å². The van der Waals surface area contributed by atoms with Crippen LogP contribution in [0.15, 0.2) is 58.7 Å². The van der Waals surface area contributed by atoms with Crippen LogP contribution in [0.3, 0.4) is 0 Å². The number of hydrogen-bond acceptors (Lipinski definition) is 2. The molecule has 2 rings (SSSR count). The highest BCUT2D eigenvalue weighted by Crippen LogP contribution is 2.40. The van der Waals surface area contributed by atoms with E-state index >= 15 is 0 Å². The van der Waals surface area contributed by atoms with Crippen molar-refractivity contribution in [2.45, 2.75) is 53.9 Å². The highest BCUT2D eigenvalue weighted by atomic mass is 16.2. The molecule has 0 saturated carbocycles. The third kappa shape index (κ3) is 6.66. The minimum Gasteiger partial charge on any atom is -0.337 e. The maximum Gasteiger partial charge on any atom is 0.246 e. The number of nitrogens with one attached hydrogen (secondary N) is 1.